The predicted molar refractivity (Wildman–Crippen MR) is 72.1 cm³/mol. The Morgan fingerprint density at radius 2 is 2.05 bits per heavy atom. The molecule has 1 aromatic carbocycles. The zero-order valence-corrected chi connectivity index (χ0v) is 11.5. The summed E-state index contributed by atoms with van der Waals surface area (Å²) in [5.74, 6) is 0.189. The number of halogens is 3. The molecule has 0 radical (unpaired) electrons. The number of alkyl halides is 3. The second-order valence-corrected chi connectivity index (χ2v) is 5.45. The van der Waals surface area contributed by atoms with Gasteiger partial charge in [0.05, 0.1) is 6.54 Å². The van der Waals surface area contributed by atoms with Crippen molar-refractivity contribution in [1.29, 1.82) is 0 Å². The lowest BCUT2D eigenvalue weighted by atomic mass is 10.1. The van der Waals surface area contributed by atoms with Gasteiger partial charge in [-0.15, -0.1) is 0 Å². The molecule has 0 aliphatic carbocycles. The first-order valence-electron chi connectivity index (χ1n) is 6.84. The van der Waals surface area contributed by atoms with Gasteiger partial charge in [0.15, 0.2) is 0 Å². The topological polar surface area (TPSA) is 55.7 Å². The molecule has 1 aromatic rings. The summed E-state index contributed by atoms with van der Waals surface area (Å²) in [7, 11) is 0. The van der Waals surface area contributed by atoms with Crippen LogP contribution < -0.4 is 5.32 Å². The van der Waals surface area contributed by atoms with Crippen LogP contribution in [-0.4, -0.2) is 47.5 Å². The van der Waals surface area contributed by atoms with Crippen molar-refractivity contribution in [3.05, 3.63) is 23.8 Å². The van der Waals surface area contributed by atoms with E-state index in [1.54, 1.807) is 6.07 Å². The zero-order chi connectivity index (χ0) is 15.5. The molecule has 1 saturated heterocycles. The Kier molecular flexibility index (Phi) is 4.95. The Hall–Kier alpha value is -1.47. The van der Waals surface area contributed by atoms with Crippen LogP contribution in [0.4, 0.5) is 13.2 Å². The maximum atomic E-state index is 12.3. The highest BCUT2D eigenvalue weighted by molar-refractivity contribution is 5.38. The number of hydrogen-bond acceptors (Lipinski definition) is 4. The van der Waals surface area contributed by atoms with Gasteiger partial charge in [0, 0.05) is 24.7 Å². The minimum atomic E-state index is -4.14. The van der Waals surface area contributed by atoms with Crippen molar-refractivity contribution in [2.75, 3.05) is 26.2 Å². The molecule has 2 rings (SSSR count). The molecule has 0 aromatic heterocycles. The molecule has 21 heavy (non-hydrogen) atoms. The number of benzene rings is 1. The summed E-state index contributed by atoms with van der Waals surface area (Å²) in [5, 5.41) is 21.9. The second kappa shape index (κ2) is 6.53. The van der Waals surface area contributed by atoms with Crippen LogP contribution in [-0.2, 0) is 6.54 Å². The molecule has 1 aliphatic rings. The molecule has 1 atom stereocenters. The minimum Gasteiger partial charge on any atom is -0.508 e. The number of hydrogen-bond donors (Lipinski definition) is 3. The normalized spacial score (nSPS) is 20.0. The molecule has 0 saturated carbocycles. The monoisotopic (exact) mass is 304 g/mol. The van der Waals surface area contributed by atoms with E-state index in [4.69, 9.17) is 0 Å². The van der Waals surface area contributed by atoms with Gasteiger partial charge >= 0.3 is 6.18 Å². The fourth-order valence-electron chi connectivity index (χ4n) is 2.59. The Bertz CT molecular complexity index is 480. The lowest BCUT2D eigenvalue weighted by molar-refractivity contribution is -0.143. The third kappa shape index (κ3) is 5.09. The van der Waals surface area contributed by atoms with Gasteiger partial charge < -0.3 is 15.5 Å². The van der Waals surface area contributed by atoms with Crippen molar-refractivity contribution >= 4 is 0 Å². The zero-order valence-electron chi connectivity index (χ0n) is 11.5. The molecule has 118 valence electrons. The van der Waals surface area contributed by atoms with E-state index in [2.05, 4.69) is 5.32 Å². The van der Waals surface area contributed by atoms with Crippen LogP contribution in [0.2, 0.25) is 0 Å². The number of phenolic OH excluding ortho intramolecular Hbond substituents is 2. The Balaban J connectivity index is 1.72. The molecule has 1 heterocycles. The summed E-state index contributed by atoms with van der Waals surface area (Å²) in [6.07, 6.45) is -3.40. The first kappa shape index (κ1) is 15.9. The molecule has 1 fully saturated rings. The smallest absolute Gasteiger partial charge is 0.401 e. The predicted octanol–water partition coefficient (Wildman–Crippen LogP) is 2.07. The van der Waals surface area contributed by atoms with E-state index in [1.165, 1.54) is 17.0 Å². The van der Waals surface area contributed by atoms with Crippen molar-refractivity contribution in [1.82, 2.24) is 10.2 Å². The highest BCUT2D eigenvalue weighted by Crippen LogP contribution is 2.24. The summed E-state index contributed by atoms with van der Waals surface area (Å²) in [6, 6.07) is 4.36. The van der Waals surface area contributed by atoms with Crippen LogP contribution in [0.15, 0.2) is 18.2 Å². The number of likely N-dealkylation sites (tertiary alicyclic amines) is 1. The maximum absolute atomic E-state index is 12.3. The molecule has 1 aliphatic heterocycles. The SMILES string of the molecule is Oc1ccc(CNCC2CCN(CC(F)(F)F)C2)c(O)c1. The van der Waals surface area contributed by atoms with Crippen molar-refractivity contribution < 1.29 is 23.4 Å². The van der Waals surface area contributed by atoms with Gasteiger partial charge in [0.25, 0.3) is 0 Å². The number of phenols is 2. The molecule has 0 spiro atoms. The maximum Gasteiger partial charge on any atom is 0.401 e. The molecule has 3 N–H and O–H groups in total. The molecular weight excluding hydrogens is 285 g/mol. The summed E-state index contributed by atoms with van der Waals surface area (Å²) >= 11 is 0. The van der Waals surface area contributed by atoms with E-state index >= 15 is 0 Å². The van der Waals surface area contributed by atoms with Gasteiger partial charge in [-0.3, -0.25) is 4.90 Å². The lowest BCUT2D eigenvalue weighted by Crippen LogP contribution is -2.33. The number of nitrogens with one attached hydrogen (secondary N) is 1. The highest BCUT2D eigenvalue weighted by Gasteiger charge is 2.34. The fourth-order valence-corrected chi connectivity index (χ4v) is 2.59. The van der Waals surface area contributed by atoms with E-state index in [-0.39, 0.29) is 17.4 Å². The fraction of sp³-hybridized carbons (Fsp3) is 0.571. The van der Waals surface area contributed by atoms with E-state index in [1.807, 2.05) is 0 Å². The quantitative estimate of drug-likeness (QED) is 0.779. The average molecular weight is 304 g/mol. The first-order chi connectivity index (χ1) is 9.83. The van der Waals surface area contributed by atoms with E-state index < -0.39 is 12.7 Å². The van der Waals surface area contributed by atoms with Crippen LogP contribution in [0.1, 0.15) is 12.0 Å². The summed E-state index contributed by atoms with van der Waals surface area (Å²) in [4.78, 5) is 1.42. The standard InChI is InChI=1S/C14H19F3N2O2/c15-14(16,17)9-19-4-3-10(8-19)6-18-7-11-1-2-12(20)5-13(11)21/h1-2,5,10,18,20-21H,3-4,6-9H2. The highest BCUT2D eigenvalue weighted by atomic mass is 19.4. The largest absolute Gasteiger partial charge is 0.508 e. The van der Waals surface area contributed by atoms with Gasteiger partial charge in [-0.2, -0.15) is 13.2 Å². The van der Waals surface area contributed by atoms with Crippen LogP contribution >= 0.6 is 0 Å². The summed E-state index contributed by atoms with van der Waals surface area (Å²) < 4.78 is 36.8. The van der Waals surface area contributed by atoms with Crippen molar-refractivity contribution in [3.8, 4) is 11.5 Å². The van der Waals surface area contributed by atoms with Crippen LogP contribution in [0.3, 0.4) is 0 Å². The summed E-state index contributed by atoms with van der Waals surface area (Å²) in [6.45, 7) is 1.09. The van der Waals surface area contributed by atoms with Crippen LogP contribution in [0.5, 0.6) is 11.5 Å². The van der Waals surface area contributed by atoms with Crippen molar-refractivity contribution in [2.24, 2.45) is 5.92 Å². The van der Waals surface area contributed by atoms with Crippen LogP contribution in [0.25, 0.3) is 0 Å². The van der Waals surface area contributed by atoms with Gasteiger partial charge in [-0.25, -0.2) is 0 Å². The van der Waals surface area contributed by atoms with Gasteiger partial charge in [0.2, 0.25) is 0 Å². The van der Waals surface area contributed by atoms with E-state index in [0.29, 0.717) is 31.7 Å². The molecule has 0 amide bonds. The first-order valence-corrected chi connectivity index (χ1v) is 6.84. The van der Waals surface area contributed by atoms with Gasteiger partial charge in [-0.1, -0.05) is 6.07 Å². The van der Waals surface area contributed by atoms with E-state index in [0.717, 1.165) is 6.42 Å². The molecule has 4 nitrogen and oxygen atoms in total. The van der Waals surface area contributed by atoms with E-state index in [9.17, 15) is 23.4 Å². The average Bonchev–Trinajstić information content (AvgIpc) is 2.77. The Morgan fingerprint density at radius 3 is 2.71 bits per heavy atom. The number of aromatic hydroxyl groups is 2. The molecule has 0 bridgehead atoms. The molecule has 1 unspecified atom stereocenters. The molecule has 7 heteroatoms. The van der Waals surface area contributed by atoms with Crippen molar-refractivity contribution in [2.45, 2.75) is 19.1 Å². The summed E-state index contributed by atoms with van der Waals surface area (Å²) in [5.41, 5.74) is 0.651. The van der Waals surface area contributed by atoms with Gasteiger partial charge in [0.1, 0.15) is 11.5 Å². The molecular formula is C14H19F3N2O2. The van der Waals surface area contributed by atoms with Crippen molar-refractivity contribution in [3.63, 3.8) is 0 Å². The minimum absolute atomic E-state index is 0.00478. The Labute approximate surface area is 121 Å². The number of nitrogens with zero attached hydrogens (tertiary/aromatic N) is 1. The third-order valence-corrected chi connectivity index (χ3v) is 3.59. The second-order valence-electron chi connectivity index (χ2n) is 5.45. The lowest BCUT2D eigenvalue weighted by Gasteiger charge is -2.18. The van der Waals surface area contributed by atoms with Crippen LogP contribution in [0, 0.1) is 5.92 Å². The van der Waals surface area contributed by atoms with Gasteiger partial charge in [-0.05, 0) is 31.5 Å². The Morgan fingerprint density at radius 1 is 1.29 bits per heavy atom. The number of rotatable bonds is 5. The third-order valence-electron chi connectivity index (χ3n) is 3.59.